The lowest BCUT2D eigenvalue weighted by Crippen LogP contribution is -2.43. The third-order valence-electron chi connectivity index (χ3n) is 3.77. The van der Waals surface area contributed by atoms with E-state index in [-0.39, 0.29) is 6.42 Å². The normalized spacial score (nSPS) is 15.7. The molecule has 1 heterocycles. The Morgan fingerprint density at radius 1 is 1.28 bits per heavy atom. The summed E-state index contributed by atoms with van der Waals surface area (Å²) in [6, 6.07) is 1.08. The van der Waals surface area contributed by atoms with Crippen molar-refractivity contribution >= 4 is 14.0 Å². The lowest BCUT2D eigenvalue weighted by molar-refractivity contribution is -0.152. The number of alkyl halides is 1. The Kier molecular flexibility index (Phi) is 13.3. The first-order valence-electron chi connectivity index (χ1n) is 9.94. The number of carbonyl (C=O) groups is 1. The molecule has 3 atom stereocenters. The molecule has 186 valence electrons. The zero-order valence-electron chi connectivity index (χ0n) is 19.0. The highest BCUT2D eigenvalue weighted by Crippen LogP contribution is 2.44. The van der Waals surface area contributed by atoms with Crippen LogP contribution in [0, 0.1) is 0 Å². The second-order valence-corrected chi connectivity index (χ2v) is 7.91. The van der Waals surface area contributed by atoms with E-state index in [1.54, 1.807) is 20.8 Å². The number of nitrogens with zero attached hydrogens (tertiary/aromatic N) is 1. The van der Waals surface area contributed by atoms with Gasteiger partial charge in [0.05, 0.1) is 12.7 Å². The number of carbonyl (C=O) groups excluding carboxylic acids is 1. The van der Waals surface area contributed by atoms with Gasteiger partial charge in [0.15, 0.2) is 0 Å². The second-order valence-electron chi connectivity index (χ2n) is 6.45. The van der Waals surface area contributed by atoms with Gasteiger partial charge >= 0.3 is 19.7 Å². The van der Waals surface area contributed by atoms with E-state index in [4.69, 9.17) is 9.26 Å². The summed E-state index contributed by atoms with van der Waals surface area (Å²) in [5, 5.41) is 0. The number of rotatable bonds is 12. The summed E-state index contributed by atoms with van der Waals surface area (Å²) in [5.41, 5.74) is -3.09. The highest BCUT2D eigenvalue weighted by atomic mass is 31.2. The minimum absolute atomic E-state index is 0.00313. The molecular formula is C18H32FN2O10P. The lowest BCUT2D eigenvalue weighted by atomic mass is 10.0. The minimum atomic E-state index is -4.73. The summed E-state index contributed by atoms with van der Waals surface area (Å²) in [4.78, 5) is 45.9. The van der Waals surface area contributed by atoms with E-state index >= 15 is 0 Å². The van der Waals surface area contributed by atoms with Gasteiger partial charge in [-0.25, -0.2) is 23.1 Å². The molecule has 1 aromatic heterocycles. The van der Waals surface area contributed by atoms with Crippen molar-refractivity contribution < 1.29 is 41.9 Å². The largest absolute Gasteiger partial charge is 0.510 e. The van der Waals surface area contributed by atoms with E-state index in [0.717, 1.165) is 10.6 Å². The number of hydrogen-bond acceptors (Lipinski definition) is 9. The van der Waals surface area contributed by atoms with Crippen LogP contribution in [0.25, 0.3) is 0 Å². The van der Waals surface area contributed by atoms with Crippen molar-refractivity contribution in [1.29, 1.82) is 0 Å². The van der Waals surface area contributed by atoms with Crippen LogP contribution in [0.3, 0.4) is 0 Å². The van der Waals surface area contributed by atoms with Crippen molar-refractivity contribution in [3.8, 4) is 0 Å². The van der Waals surface area contributed by atoms with Gasteiger partial charge < -0.3 is 19.1 Å². The van der Waals surface area contributed by atoms with Crippen LogP contribution in [0.15, 0.2) is 21.9 Å². The van der Waals surface area contributed by atoms with Crippen molar-refractivity contribution in [3.05, 3.63) is 33.1 Å². The van der Waals surface area contributed by atoms with Crippen molar-refractivity contribution in [3.63, 3.8) is 0 Å². The Hall–Kier alpha value is -2.05. The second kappa shape index (κ2) is 14.2. The molecule has 0 spiro atoms. The quantitative estimate of drug-likeness (QED) is 0.256. The topological polar surface area (TPSA) is 155 Å². The molecule has 0 aromatic carbocycles. The highest BCUT2D eigenvalue weighted by molar-refractivity contribution is 7.47. The zero-order valence-corrected chi connectivity index (χ0v) is 19.9. The fraction of sp³-hybridized carbons (Fsp3) is 0.722. The van der Waals surface area contributed by atoms with E-state index in [1.165, 1.54) is 13.1 Å². The molecule has 1 unspecified atom stereocenters. The van der Waals surface area contributed by atoms with Gasteiger partial charge in [0, 0.05) is 12.3 Å². The van der Waals surface area contributed by atoms with Gasteiger partial charge in [-0.3, -0.25) is 18.9 Å². The smallest absolute Gasteiger partial charge is 0.432 e. The van der Waals surface area contributed by atoms with Crippen LogP contribution in [0.2, 0.25) is 0 Å². The molecule has 0 saturated heterocycles. The molecule has 1 rings (SSSR count). The Morgan fingerprint density at radius 2 is 1.91 bits per heavy atom. The van der Waals surface area contributed by atoms with Crippen LogP contribution in [-0.4, -0.2) is 52.4 Å². The van der Waals surface area contributed by atoms with Gasteiger partial charge in [-0.2, -0.15) is 0 Å². The molecule has 0 amide bonds. The third-order valence-corrected chi connectivity index (χ3v) is 4.65. The van der Waals surface area contributed by atoms with Crippen LogP contribution in [0.5, 0.6) is 0 Å². The number of H-pyrrole nitrogens is 1. The molecule has 14 heteroatoms. The Labute approximate surface area is 185 Å². The Bertz CT molecular complexity index is 853. The molecule has 0 aliphatic rings. The average molecular weight is 486 g/mol. The predicted octanol–water partition coefficient (Wildman–Crippen LogP) is 2.87. The molecule has 0 saturated carbocycles. The van der Waals surface area contributed by atoms with Crippen LogP contribution in [0.1, 0.15) is 54.2 Å². The van der Waals surface area contributed by atoms with Crippen molar-refractivity contribution in [2.24, 2.45) is 0 Å². The van der Waals surface area contributed by atoms with E-state index in [0.29, 0.717) is 0 Å². The molecule has 2 N–H and O–H groups in total. The van der Waals surface area contributed by atoms with Crippen LogP contribution < -0.4 is 11.2 Å². The summed E-state index contributed by atoms with van der Waals surface area (Å²) < 4.78 is 50.6. The molecule has 0 fully saturated rings. The van der Waals surface area contributed by atoms with Crippen molar-refractivity contribution in [2.45, 2.75) is 65.9 Å². The predicted molar refractivity (Wildman–Crippen MR) is 112 cm³/mol. The van der Waals surface area contributed by atoms with Crippen LogP contribution >= 0.6 is 7.82 Å². The number of halogens is 1. The number of ether oxygens (including phenoxy) is 3. The molecule has 0 aliphatic carbocycles. The maximum Gasteiger partial charge on any atom is 0.510 e. The maximum atomic E-state index is 13.8. The van der Waals surface area contributed by atoms with Gasteiger partial charge in [-0.05, 0) is 27.2 Å². The lowest BCUT2D eigenvalue weighted by Gasteiger charge is -2.33. The maximum absolute atomic E-state index is 13.8. The molecular weight excluding hydrogens is 454 g/mol. The number of hydrogen-bond donors (Lipinski definition) is 2. The van der Waals surface area contributed by atoms with Crippen LogP contribution in [-0.2, 0) is 27.8 Å². The van der Waals surface area contributed by atoms with E-state index < -0.39 is 63.2 Å². The first-order valence-corrected chi connectivity index (χ1v) is 11.4. The Morgan fingerprint density at radius 3 is 2.41 bits per heavy atom. The van der Waals surface area contributed by atoms with Crippen molar-refractivity contribution in [2.75, 3.05) is 20.1 Å². The third kappa shape index (κ3) is 10.5. The first kappa shape index (κ1) is 29.9. The SMILES string of the molecule is CC.CC[C@@](CF)(COP(=O)(O)OCOC(=O)OC(C)C)O[C@H](C)n1ccc(=O)[nH]c1=O. The fourth-order valence-corrected chi connectivity index (χ4v) is 2.78. The minimum Gasteiger partial charge on any atom is -0.432 e. The van der Waals surface area contributed by atoms with Gasteiger partial charge in [0.25, 0.3) is 5.56 Å². The molecule has 0 bridgehead atoms. The highest BCUT2D eigenvalue weighted by Gasteiger charge is 2.36. The monoisotopic (exact) mass is 486 g/mol. The molecule has 12 nitrogen and oxygen atoms in total. The molecule has 1 aromatic rings. The standard InChI is InChI=1S/C16H26FN2O10P.C2H6/c1-5-16(8-17,29-12(4)19-7-6-13(20)18-14(19)21)9-26-30(23,24)27-10-25-15(22)28-11(2)3;1-2/h6-7,11-12H,5,8-10H2,1-4H3,(H,23,24)(H,18,20,21);1-2H3/t12-,16-;/m1./s1. The van der Waals surface area contributed by atoms with Gasteiger partial charge in [0.2, 0.25) is 6.79 Å². The van der Waals surface area contributed by atoms with Crippen molar-refractivity contribution in [1.82, 2.24) is 9.55 Å². The summed E-state index contributed by atoms with van der Waals surface area (Å²) in [5.74, 6) is 0. The molecule has 32 heavy (non-hydrogen) atoms. The number of phosphoric acid groups is 1. The van der Waals surface area contributed by atoms with Gasteiger partial charge in [-0.15, -0.1) is 0 Å². The number of phosphoric ester groups is 1. The van der Waals surface area contributed by atoms with Gasteiger partial charge in [0.1, 0.15) is 18.5 Å². The molecule has 0 radical (unpaired) electrons. The first-order chi connectivity index (χ1) is 14.9. The fourth-order valence-electron chi connectivity index (χ4n) is 2.12. The number of nitrogens with one attached hydrogen (secondary N) is 1. The Balaban J connectivity index is 0.00000466. The number of aromatic nitrogens is 2. The number of aromatic amines is 1. The zero-order chi connectivity index (χ0) is 24.9. The van der Waals surface area contributed by atoms with Crippen LogP contribution in [0.4, 0.5) is 9.18 Å². The van der Waals surface area contributed by atoms with E-state index in [1.807, 2.05) is 18.8 Å². The summed E-state index contributed by atoms with van der Waals surface area (Å²) in [7, 11) is -4.73. The average Bonchev–Trinajstić information content (AvgIpc) is 2.72. The summed E-state index contributed by atoms with van der Waals surface area (Å²) >= 11 is 0. The summed E-state index contributed by atoms with van der Waals surface area (Å²) in [6.07, 6.45) is -1.44. The van der Waals surface area contributed by atoms with E-state index in [2.05, 4.69) is 14.0 Å². The van der Waals surface area contributed by atoms with E-state index in [9.17, 15) is 28.2 Å². The molecule has 0 aliphatic heterocycles. The van der Waals surface area contributed by atoms with Gasteiger partial charge in [-0.1, -0.05) is 20.8 Å². The summed E-state index contributed by atoms with van der Waals surface area (Å²) in [6.45, 7) is 7.34.